The molecule has 0 aliphatic rings. The van der Waals surface area contributed by atoms with E-state index in [0.717, 1.165) is 12.1 Å². The van der Waals surface area contributed by atoms with E-state index in [9.17, 15) is 18.0 Å². The van der Waals surface area contributed by atoms with Gasteiger partial charge in [0.15, 0.2) is 0 Å². The Bertz CT molecular complexity index is 794. The summed E-state index contributed by atoms with van der Waals surface area (Å²) in [4.78, 5) is 12.1. The van der Waals surface area contributed by atoms with Crippen LogP contribution in [0.2, 0.25) is 0 Å². The monoisotopic (exact) mass is 382 g/mol. The first-order valence-corrected chi connectivity index (χ1v) is 8.17. The maximum absolute atomic E-state index is 12.7. The first-order chi connectivity index (χ1) is 12.7. The zero-order valence-electron chi connectivity index (χ0n) is 15.2. The van der Waals surface area contributed by atoms with Gasteiger partial charge in [0.25, 0.3) is 0 Å². The highest BCUT2D eigenvalue weighted by Gasteiger charge is 2.30. The first kappa shape index (κ1) is 20.4. The predicted octanol–water partition coefficient (Wildman–Crippen LogP) is 4.28. The fourth-order valence-electron chi connectivity index (χ4n) is 2.54. The summed E-state index contributed by atoms with van der Waals surface area (Å²) in [5.74, 6) is 1.20. The molecule has 2 aromatic carbocycles. The normalized spacial score (nSPS) is 12.2. The molecule has 146 valence electrons. The van der Waals surface area contributed by atoms with Crippen molar-refractivity contribution in [3.8, 4) is 11.5 Å². The number of halogens is 3. The largest absolute Gasteiger partial charge is 0.497 e. The van der Waals surface area contributed by atoms with E-state index >= 15 is 0 Å². The quantitative estimate of drug-likeness (QED) is 0.784. The van der Waals surface area contributed by atoms with Crippen LogP contribution in [0.25, 0.3) is 0 Å². The van der Waals surface area contributed by atoms with Crippen molar-refractivity contribution in [1.29, 1.82) is 0 Å². The number of amides is 2. The highest BCUT2D eigenvalue weighted by atomic mass is 19.4. The Balaban J connectivity index is 2.00. The summed E-state index contributed by atoms with van der Waals surface area (Å²) in [7, 11) is 3.05. The molecule has 2 amide bonds. The van der Waals surface area contributed by atoms with E-state index < -0.39 is 23.8 Å². The summed E-state index contributed by atoms with van der Waals surface area (Å²) in [6, 6.07) is 9.12. The molecule has 0 spiro atoms. The summed E-state index contributed by atoms with van der Waals surface area (Å²) in [5.41, 5.74) is 0.314. The molecule has 0 saturated heterocycles. The summed E-state index contributed by atoms with van der Waals surface area (Å²) < 4.78 is 48.7. The predicted molar refractivity (Wildman–Crippen MR) is 94.8 cm³/mol. The van der Waals surface area contributed by atoms with Gasteiger partial charge < -0.3 is 20.1 Å². The molecule has 2 aromatic rings. The van der Waals surface area contributed by atoms with Gasteiger partial charge in [0.05, 0.1) is 25.8 Å². The molecule has 0 radical (unpaired) electrons. The number of hydrogen-bond donors (Lipinski definition) is 2. The van der Waals surface area contributed by atoms with Crippen LogP contribution in [0.3, 0.4) is 0 Å². The maximum atomic E-state index is 12.7. The van der Waals surface area contributed by atoms with Crippen molar-refractivity contribution in [3.63, 3.8) is 0 Å². The Morgan fingerprint density at radius 1 is 1.11 bits per heavy atom. The molecule has 0 aliphatic heterocycles. The topological polar surface area (TPSA) is 59.6 Å². The fraction of sp³-hybridized carbons (Fsp3) is 0.316. The van der Waals surface area contributed by atoms with Crippen molar-refractivity contribution in [2.24, 2.45) is 0 Å². The van der Waals surface area contributed by atoms with Crippen LogP contribution < -0.4 is 20.1 Å². The van der Waals surface area contributed by atoms with Crippen molar-refractivity contribution >= 4 is 6.03 Å². The van der Waals surface area contributed by atoms with Gasteiger partial charge in [-0.3, -0.25) is 0 Å². The number of hydrogen-bond acceptors (Lipinski definition) is 3. The van der Waals surface area contributed by atoms with Crippen LogP contribution in [-0.2, 0) is 12.7 Å². The van der Waals surface area contributed by atoms with Crippen molar-refractivity contribution < 1.29 is 27.4 Å². The second-order valence-corrected chi connectivity index (χ2v) is 5.85. The van der Waals surface area contributed by atoms with Gasteiger partial charge in [-0.25, -0.2) is 4.79 Å². The third-order valence-corrected chi connectivity index (χ3v) is 3.96. The number of nitrogens with one attached hydrogen (secondary N) is 2. The standard InChI is InChI=1S/C19H21F3N2O3/c1-12(16-10-15(26-2)7-8-17(16)27-3)24-18(25)23-11-13-5-4-6-14(9-13)19(20,21)22/h4-10,12H,11H2,1-3H3,(H2,23,24,25). The Hall–Kier alpha value is -2.90. The summed E-state index contributed by atoms with van der Waals surface area (Å²) in [6.45, 7) is 1.73. The van der Waals surface area contributed by atoms with Crippen LogP contribution in [0.4, 0.5) is 18.0 Å². The molecule has 8 heteroatoms. The summed E-state index contributed by atoms with van der Waals surface area (Å²) in [5, 5.41) is 5.28. The Kier molecular flexibility index (Phi) is 6.55. The molecular weight excluding hydrogens is 361 g/mol. The van der Waals surface area contributed by atoms with Gasteiger partial charge in [0, 0.05) is 12.1 Å². The number of benzene rings is 2. The van der Waals surface area contributed by atoms with Crippen LogP contribution in [0.15, 0.2) is 42.5 Å². The van der Waals surface area contributed by atoms with Gasteiger partial charge in [-0.1, -0.05) is 12.1 Å². The average Bonchev–Trinajstić information content (AvgIpc) is 2.65. The van der Waals surface area contributed by atoms with Gasteiger partial charge >= 0.3 is 12.2 Å². The number of urea groups is 1. The van der Waals surface area contributed by atoms with E-state index in [-0.39, 0.29) is 6.54 Å². The lowest BCUT2D eigenvalue weighted by molar-refractivity contribution is -0.137. The van der Waals surface area contributed by atoms with Crippen LogP contribution in [0.1, 0.15) is 29.7 Å². The van der Waals surface area contributed by atoms with Gasteiger partial charge in [0.1, 0.15) is 11.5 Å². The zero-order chi connectivity index (χ0) is 20.0. The molecular formula is C19H21F3N2O3. The second-order valence-electron chi connectivity index (χ2n) is 5.85. The van der Waals surface area contributed by atoms with Gasteiger partial charge in [0.2, 0.25) is 0 Å². The number of carbonyl (C=O) groups excluding carboxylic acids is 1. The van der Waals surface area contributed by atoms with E-state index in [2.05, 4.69) is 10.6 Å². The average molecular weight is 382 g/mol. The third kappa shape index (κ3) is 5.54. The molecule has 0 fully saturated rings. The van der Waals surface area contributed by atoms with Crippen molar-refractivity contribution in [2.75, 3.05) is 14.2 Å². The van der Waals surface area contributed by atoms with Gasteiger partial charge in [-0.15, -0.1) is 0 Å². The molecule has 0 heterocycles. The number of methoxy groups -OCH3 is 2. The minimum atomic E-state index is -4.42. The van der Waals surface area contributed by atoms with Crippen LogP contribution in [0.5, 0.6) is 11.5 Å². The lowest BCUT2D eigenvalue weighted by atomic mass is 10.1. The van der Waals surface area contributed by atoms with Crippen molar-refractivity contribution in [3.05, 3.63) is 59.2 Å². The number of carbonyl (C=O) groups is 1. The van der Waals surface area contributed by atoms with Crippen LogP contribution >= 0.6 is 0 Å². The minimum absolute atomic E-state index is 0.0300. The summed E-state index contributed by atoms with van der Waals surface area (Å²) >= 11 is 0. The van der Waals surface area contributed by atoms with Crippen molar-refractivity contribution in [2.45, 2.75) is 25.7 Å². The molecule has 0 aliphatic carbocycles. The zero-order valence-corrected chi connectivity index (χ0v) is 15.2. The van der Waals surface area contributed by atoms with Gasteiger partial charge in [-0.05, 0) is 42.8 Å². The molecule has 27 heavy (non-hydrogen) atoms. The smallest absolute Gasteiger partial charge is 0.416 e. The van der Waals surface area contributed by atoms with E-state index in [1.807, 2.05) is 0 Å². The minimum Gasteiger partial charge on any atom is -0.497 e. The first-order valence-electron chi connectivity index (χ1n) is 8.17. The molecule has 5 nitrogen and oxygen atoms in total. The molecule has 1 unspecified atom stereocenters. The Labute approximate surface area is 155 Å². The van der Waals surface area contributed by atoms with Gasteiger partial charge in [-0.2, -0.15) is 13.2 Å². The lowest BCUT2D eigenvalue weighted by Gasteiger charge is -2.18. The Morgan fingerprint density at radius 2 is 1.85 bits per heavy atom. The SMILES string of the molecule is COc1ccc(OC)c(C(C)NC(=O)NCc2cccc(C(F)(F)F)c2)c1. The fourth-order valence-corrected chi connectivity index (χ4v) is 2.54. The van der Waals surface area contributed by atoms with E-state index in [0.29, 0.717) is 22.6 Å². The molecule has 0 aromatic heterocycles. The van der Waals surface area contributed by atoms with E-state index in [1.165, 1.54) is 26.4 Å². The van der Waals surface area contributed by atoms with E-state index in [1.54, 1.807) is 25.1 Å². The molecule has 2 N–H and O–H groups in total. The highest BCUT2D eigenvalue weighted by molar-refractivity contribution is 5.74. The molecule has 0 bridgehead atoms. The number of rotatable bonds is 6. The van der Waals surface area contributed by atoms with E-state index in [4.69, 9.17) is 9.47 Å². The number of alkyl halides is 3. The van der Waals surface area contributed by atoms with Crippen LogP contribution in [0, 0.1) is 0 Å². The molecule has 0 saturated carbocycles. The molecule has 1 atom stereocenters. The maximum Gasteiger partial charge on any atom is 0.416 e. The highest BCUT2D eigenvalue weighted by Crippen LogP contribution is 2.30. The van der Waals surface area contributed by atoms with Crippen LogP contribution in [-0.4, -0.2) is 20.3 Å². The molecule has 2 rings (SSSR count). The third-order valence-electron chi connectivity index (χ3n) is 3.96. The lowest BCUT2D eigenvalue weighted by Crippen LogP contribution is -2.36. The van der Waals surface area contributed by atoms with Crippen molar-refractivity contribution in [1.82, 2.24) is 10.6 Å². The summed E-state index contributed by atoms with van der Waals surface area (Å²) in [6.07, 6.45) is -4.42. The number of ether oxygens (including phenoxy) is 2. The second kappa shape index (κ2) is 8.66. The Morgan fingerprint density at radius 3 is 2.48 bits per heavy atom.